The van der Waals surface area contributed by atoms with Crippen molar-refractivity contribution in [1.29, 1.82) is 0 Å². The molecule has 0 radical (unpaired) electrons. The number of hydrogen-bond acceptors (Lipinski definition) is 4. The summed E-state index contributed by atoms with van der Waals surface area (Å²) >= 11 is 0. The van der Waals surface area contributed by atoms with E-state index in [1.807, 2.05) is 0 Å². The second kappa shape index (κ2) is 6.72. The SMILES string of the molecule is COC(=O)[C@@H](C)NC(=O)C1CCN(c2ccc(F)c(F)c2)C1=O. The van der Waals surface area contributed by atoms with Gasteiger partial charge in [0.1, 0.15) is 12.0 Å². The standard InChI is InChI=1S/C15H16F2N2O4/c1-8(15(22)23-2)18-13(20)10-5-6-19(14(10)21)9-3-4-11(16)12(17)7-9/h3-4,7-8,10H,5-6H2,1-2H3,(H,18,20)/t8-,10?/m1/s1. The predicted octanol–water partition coefficient (Wildman–Crippen LogP) is 0.995. The van der Waals surface area contributed by atoms with E-state index >= 15 is 0 Å². The monoisotopic (exact) mass is 326 g/mol. The molecule has 1 heterocycles. The van der Waals surface area contributed by atoms with Crippen LogP contribution in [0.1, 0.15) is 13.3 Å². The van der Waals surface area contributed by atoms with Crippen LogP contribution in [0.2, 0.25) is 0 Å². The quantitative estimate of drug-likeness (QED) is 0.661. The van der Waals surface area contributed by atoms with Crippen LogP contribution in [-0.2, 0) is 19.1 Å². The topological polar surface area (TPSA) is 75.7 Å². The van der Waals surface area contributed by atoms with Gasteiger partial charge < -0.3 is 15.0 Å². The number of ether oxygens (including phenoxy) is 1. The van der Waals surface area contributed by atoms with Gasteiger partial charge in [-0.3, -0.25) is 9.59 Å². The van der Waals surface area contributed by atoms with E-state index in [1.165, 1.54) is 25.0 Å². The van der Waals surface area contributed by atoms with Crippen molar-refractivity contribution >= 4 is 23.5 Å². The first-order valence-corrected chi connectivity index (χ1v) is 6.99. The molecule has 1 aliphatic heterocycles. The summed E-state index contributed by atoms with van der Waals surface area (Å²) in [5.74, 6) is -4.80. The average molecular weight is 326 g/mol. The Kier molecular flexibility index (Phi) is 4.92. The molecule has 0 bridgehead atoms. The Morgan fingerprint density at radius 3 is 2.65 bits per heavy atom. The Bertz CT molecular complexity index is 650. The molecule has 0 aliphatic carbocycles. The summed E-state index contributed by atoms with van der Waals surface area (Å²) in [5, 5.41) is 2.40. The Labute approximate surface area is 131 Å². The van der Waals surface area contributed by atoms with Crippen LogP contribution >= 0.6 is 0 Å². The summed E-state index contributed by atoms with van der Waals surface area (Å²) in [5.41, 5.74) is 0.185. The zero-order valence-corrected chi connectivity index (χ0v) is 12.6. The number of hydrogen-bond donors (Lipinski definition) is 1. The molecule has 6 nitrogen and oxygen atoms in total. The van der Waals surface area contributed by atoms with Crippen LogP contribution in [0, 0.1) is 17.6 Å². The van der Waals surface area contributed by atoms with Crippen molar-refractivity contribution in [3.8, 4) is 0 Å². The molecule has 1 unspecified atom stereocenters. The maximum Gasteiger partial charge on any atom is 0.328 e. The third-order valence-corrected chi connectivity index (χ3v) is 3.65. The summed E-state index contributed by atoms with van der Waals surface area (Å²) in [7, 11) is 1.19. The van der Waals surface area contributed by atoms with Crippen molar-refractivity contribution in [3.63, 3.8) is 0 Å². The van der Waals surface area contributed by atoms with E-state index in [2.05, 4.69) is 10.1 Å². The van der Waals surface area contributed by atoms with E-state index in [1.54, 1.807) is 0 Å². The fraction of sp³-hybridized carbons (Fsp3) is 0.400. The number of anilines is 1. The minimum Gasteiger partial charge on any atom is -0.467 e. The molecule has 1 N–H and O–H groups in total. The molecule has 2 amide bonds. The molecule has 124 valence electrons. The van der Waals surface area contributed by atoms with Gasteiger partial charge in [0.05, 0.1) is 7.11 Å². The molecule has 2 atom stereocenters. The van der Waals surface area contributed by atoms with Gasteiger partial charge in [0, 0.05) is 18.3 Å². The first-order valence-electron chi connectivity index (χ1n) is 6.99. The number of nitrogens with zero attached hydrogens (tertiary/aromatic N) is 1. The van der Waals surface area contributed by atoms with Crippen LogP contribution in [0.5, 0.6) is 0 Å². The maximum atomic E-state index is 13.3. The molecule has 1 aromatic rings. The predicted molar refractivity (Wildman–Crippen MR) is 76.4 cm³/mol. The second-order valence-corrected chi connectivity index (χ2v) is 5.18. The maximum absolute atomic E-state index is 13.3. The normalized spacial score (nSPS) is 18.7. The first-order chi connectivity index (χ1) is 10.8. The number of methoxy groups -OCH3 is 1. The number of carbonyl (C=O) groups is 3. The number of nitrogens with one attached hydrogen (secondary N) is 1. The van der Waals surface area contributed by atoms with Gasteiger partial charge in [-0.25, -0.2) is 13.6 Å². The Morgan fingerprint density at radius 2 is 2.04 bits per heavy atom. The number of esters is 1. The lowest BCUT2D eigenvalue weighted by Gasteiger charge is -2.18. The van der Waals surface area contributed by atoms with Crippen molar-refractivity contribution in [2.45, 2.75) is 19.4 Å². The van der Waals surface area contributed by atoms with E-state index in [0.29, 0.717) is 0 Å². The van der Waals surface area contributed by atoms with Crippen LogP contribution < -0.4 is 10.2 Å². The third-order valence-electron chi connectivity index (χ3n) is 3.65. The number of benzene rings is 1. The van der Waals surface area contributed by atoms with Crippen molar-refractivity contribution < 1.29 is 27.9 Å². The van der Waals surface area contributed by atoms with Crippen molar-refractivity contribution in [1.82, 2.24) is 5.32 Å². The van der Waals surface area contributed by atoms with Gasteiger partial charge in [-0.15, -0.1) is 0 Å². The summed E-state index contributed by atoms with van der Waals surface area (Å²) in [6, 6.07) is 2.22. The van der Waals surface area contributed by atoms with Gasteiger partial charge in [0.25, 0.3) is 0 Å². The lowest BCUT2D eigenvalue weighted by molar-refractivity contribution is -0.145. The number of amides is 2. The molecule has 23 heavy (non-hydrogen) atoms. The summed E-state index contributed by atoms with van der Waals surface area (Å²) < 4.78 is 30.7. The van der Waals surface area contributed by atoms with Gasteiger partial charge in [0.2, 0.25) is 11.8 Å². The largest absolute Gasteiger partial charge is 0.467 e. The molecule has 1 saturated heterocycles. The number of carbonyl (C=O) groups excluding carboxylic acids is 3. The van der Waals surface area contributed by atoms with E-state index in [-0.39, 0.29) is 18.7 Å². The lowest BCUT2D eigenvalue weighted by atomic mass is 10.1. The van der Waals surface area contributed by atoms with Gasteiger partial charge in [-0.1, -0.05) is 0 Å². The zero-order chi connectivity index (χ0) is 17.1. The second-order valence-electron chi connectivity index (χ2n) is 5.18. The molecule has 1 aromatic carbocycles. The molecule has 0 spiro atoms. The third kappa shape index (κ3) is 3.46. The van der Waals surface area contributed by atoms with Gasteiger partial charge in [0.15, 0.2) is 11.6 Å². The van der Waals surface area contributed by atoms with Crippen LogP contribution in [0.15, 0.2) is 18.2 Å². The summed E-state index contributed by atoms with van der Waals surface area (Å²) in [4.78, 5) is 36.9. The van der Waals surface area contributed by atoms with Gasteiger partial charge in [-0.05, 0) is 25.5 Å². The number of rotatable bonds is 4. The highest BCUT2D eigenvalue weighted by molar-refractivity contribution is 6.10. The number of halogens is 2. The smallest absolute Gasteiger partial charge is 0.328 e. The Morgan fingerprint density at radius 1 is 1.35 bits per heavy atom. The molecular weight excluding hydrogens is 310 g/mol. The summed E-state index contributed by atoms with van der Waals surface area (Å²) in [6.07, 6.45) is 0.220. The zero-order valence-electron chi connectivity index (χ0n) is 12.6. The highest BCUT2D eigenvalue weighted by Crippen LogP contribution is 2.26. The molecule has 2 rings (SSSR count). The van der Waals surface area contributed by atoms with Crippen molar-refractivity contribution in [3.05, 3.63) is 29.8 Å². The molecule has 1 fully saturated rings. The highest BCUT2D eigenvalue weighted by atomic mass is 19.2. The van der Waals surface area contributed by atoms with Gasteiger partial charge >= 0.3 is 5.97 Å². The fourth-order valence-electron chi connectivity index (χ4n) is 2.38. The van der Waals surface area contributed by atoms with E-state index < -0.39 is 41.4 Å². The molecule has 0 saturated carbocycles. The molecule has 0 aromatic heterocycles. The van der Waals surface area contributed by atoms with Crippen molar-refractivity contribution in [2.75, 3.05) is 18.6 Å². The van der Waals surface area contributed by atoms with E-state index in [9.17, 15) is 23.2 Å². The molecule has 8 heteroatoms. The molecule has 1 aliphatic rings. The highest BCUT2D eigenvalue weighted by Gasteiger charge is 2.38. The van der Waals surface area contributed by atoms with Crippen LogP contribution in [0.3, 0.4) is 0 Å². The van der Waals surface area contributed by atoms with Crippen LogP contribution in [0.4, 0.5) is 14.5 Å². The first kappa shape index (κ1) is 16.9. The Balaban J connectivity index is 2.07. The van der Waals surface area contributed by atoms with Gasteiger partial charge in [-0.2, -0.15) is 0 Å². The van der Waals surface area contributed by atoms with Crippen LogP contribution in [-0.4, -0.2) is 37.5 Å². The molecular formula is C15H16F2N2O4. The van der Waals surface area contributed by atoms with E-state index in [4.69, 9.17) is 0 Å². The van der Waals surface area contributed by atoms with Crippen LogP contribution in [0.25, 0.3) is 0 Å². The minimum atomic E-state index is -1.07. The minimum absolute atomic E-state index is 0.185. The Hall–Kier alpha value is -2.51. The van der Waals surface area contributed by atoms with E-state index in [0.717, 1.165) is 12.1 Å². The fourth-order valence-corrected chi connectivity index (χ4v) is 2.38. The van der Waals surface area contributed by atoms with Crippen molar-refractivity contribution in [2.24, 2.45) is 5.92 Å². The lowest BCUT2D eigenvalue weighted by Crippen LogP contribution is -2.44. The average Bonchev–Trinajstić information content (AvgIpc) is 2.90. The summed E-state index contributed by atoms with van der Waals surface area (Å²) in [6.45, 7) is 1.64.